The smallest absolute Gasteiger partial charge is 0.224 e. The SMILES string of the molecule is CCCC(N)CC(=O)N1CCC(CN2CCOCC2)CC1. The van der Waals surface area contributed by atoms with Crippen molar-refractivity contribution >= 4 is 5.91 Å². The number of morpholine rings is 1. The minimum Gasteiger partial charge on any atom is -0.379 e. The number of piperidine rings is 1. The lowest BCUT2D eigenvalue weighted by Crippen LogP contribution is -2.45. The van der Waals surface area contributed by atoms with Gasteiger partial charge < -0.3 is 15.4 Å². The molecule has 0 aliphatic carbocycles. The van der Waals surface area contributed by atoms with Crippen LogP contribution in [0.5, 0.6) is 0 Å². The van der Waals surface area contributed by atoms with E-state index in [0.29, 0.717) is 6.42 Å². The second kappa shape index (κ2) is 8.71. The van der Waals surface area contributed by atoms with E-state index in [2.05, 4.69) is 11.8 Å². The third-order valence-corrected chi connectivity index (χ3v) is 4.68. The fraction of sp³-hybridized carbons (Fsp3) is 0.938. The predicted octanol–water partition coefficient (Wildman–Crippen LogP) is 1.07. The van der Waals surface area contributed by atoms with E-state index >= 15 is 0 Å². The zero-order valence-electron chi connectivity index (χ0n) is 13.4. The number of carbonyl (C=O) groups excluding carboxylic acids is 1. The van der Waals surface area contributed by atoms with Gasteiger partial charge in [-0.1, -0.05) is 13.3 Å². The zero-order chi connectivity index (χ0) is 15.1. The number of ether oxygens (including phenoxy) is 1. The Labute approximate surface area is 128 Å². The van der Waals surface area contributed by atoms with Gasteiger partial charge in [0.15, 0.2) is 0 Å². The molecular formula is C16H31N3O2. The number of amides is 1. The Hall–Kier alpha value is -0.650. The van der Waals surface area contributed by atoms with Gasteiger partial charge in [0, 0.05) is 45.2 Å². The molecule has 122 valence electrons. The maximum Gasteiger partial charge on any atom is 0.224 e. The zero-order valence-corrected chi connectivity index (χ0v) is 13.4. The summed E-state index contributed by atoms with van der Waals surface area (Å²) in [5.74, 6) is 0.984. The van der Waals surface area contributed by atoms with E-state index in [9.17, 15) is 4.79 Å². The van der Waals surface area contributed by atoms with Crippen molar-refractivity contribution in [1.82, 2.24) is 9.80 Å². The molecule has 2 saturated heterocycles. The number of hydrogen-bond acceptors (Lipinski definition) is 4. The summed E-state index contributed by atoms with van der Waals surface area (Å²) in [5.41, 5.74) is 5.98. The van der Waals surface area contributed by atoms with Gasteiger partial charge in [0.2, 0.25) is 5.91 Å². The lowest BCUT2D eigenvalue weighted by Gasteiger charge is -2.36. The molecule has 2 heterocycles. The van der Waals surface area contributed by atoms with Crippen molar-refractivity contribution in [3.63, 3.8) is 0 Å². The standard InChI is InChI=1S/C16H31N3O2/c1-2-3-15(17)12-16(20)19-6-4-14(5-7-19)13-18-8-10-21-11-9-18/h14-15H,2-13,17H2,1H3. The fourth-order valence-electron chi connectivity index (χ4n) is 3.34. The normalized spacial score (nSPS) is 23.2. The van der Waals surface area contributed by atoms with Crippen LogP contribution in [0.3, 0.4) is 0 Å². The van der Waals surface area contributed by atoms with E-state index in [4.69, 9.17) is 10.5 Å². The maximum absolute atomic E-state index is 12.2. The van der Waals surface area contributed by atoms with Crippen molar-refractivity contribution in [2.75, 3.05) is 45.9 Å². The summed E-state index contributed by atoms with van der Waals surface area (Å²) in [7, 11) is 0. The first kappa shape index (κ1) is 16.7. The van der Waals surface area contributed by atoms with Gasteiger partial charge in [-0.2, -0.15) is 0 Å². The molecule has 21 heavy (non-hydrogen) atoms. The second-order valence-electron chi connectivity index (χ2n) is 6.49. The van der Waals surface area contributed by atoms with E-state index in [1.54, 1.807) is 0 Å². The van der Waals surface area contributed by atoms with Crippen LogP contribution in [0.15, 0.2) is 0 Å². The first-order chi connectivity index (χ1) is 10.2. The van der Waals surface area contributed by atoms with E-state index < -0.39 is 0 Å². The molecule has 1 atom stereocenters. The monoisotopic (exact) mass is 297 g/mol. The first-order valence-electron chi connectivity index (χ1n) is 8.52. The first-order valence-corrected chi connectivity index (χ1v) is 8.52. The number of nitrogens with two attached hydrogens (primary N) is 1. The average molecular weight is 297 g/mol. The minimum atomic E-state index is 0.0357. The molecule has 0 aromatic heterocycles. The van der Waals surface area contributed by atoms with Crippen molar-refractivity contribution in [2.24, 2.45) is 11.7 Å². The summed E-state index contributed by atoms with van der Waals surface area (Å²) in [6.45, 7) is 8.96. The van der Waals surface area contributed by atoms with Crippen molar-refractivity contribution in [1.29, 1.82) is 0 Å². The highest BCUT2D eigenvalue weighted by atomic mass is 16.5. The van der Waals surface area contributed by atoms with Gasteiger partial charge in [0.1, 0.15) is 0 Å². The Morgan fingerprint density at radius 2 is 1.90 bits per heavy atom. The molecule has 0 radical (unpaired) electrons. The van der Waals surface area contributed by atoms with Gasteiger partial charge in [0.05, 0.1) is 13.2 Å². The van der Waals surface area contributed by atoms with Crippen molar-refractivity contribution in [3.8, 4) is 0 Å². The molecule has 5 nitrogen and oxygen atoms in total. The molecule has 5 heteroatoms. The maximum atomic E-state index is 12.2. The Morgan fingerprint density at radius 3 is 2.52 bits per heavy atom. The van der Waals surface area contributed by atoms with Crippen LogP contribution in [-0.2, 0) is 9.53 Å². The molecule has 0 saturated carbocycles. The third-order valence-electron chi connectivity index (χ3n) is 4.68. The Balaban J connectivity index is 1.66. The van der Waals surface area contributed by atoms with Gasteiger partial charge in [-0.15, -0.1) is 0 Å². The largest absolute Gasteiger partial charge is 0.379 e. The summed E-state index contributed by atoms with van der Waals surface area (Å²) >= 11 is 0. The summed E-state index contributed by atoms with van der Waals surface area (Å²) in [5, 5.41) is 0. The van der Waals surface area contributed by atoms with Gasteiger partial charge >= 0.3 is 0 Å². The molecule has 0 spiro atoms. The molecule has 2 aliphatic rings. The quantitative estimate of drug-likeness (QED) is 0.797. The molecule has 1 amide bonds. The Kier molecular flexibility index (Phi) is 6.93. The number of rotatable bonds is 6. The van der Waals surface area contributed by atoms with E-state index in [1.165, 1.54) is 6.54 Å². The van der Waals surface area contributed by atoms with Crippen LogP contribution in [0.2, 0.25) is 0 Å². The van der Waals surface area contributed by atoms with Crippen LogP contribution >= 0.6 is 0 Å². The number of nitrogens with zero attached hydrogens (tertiary/aromatic N) is 2. The van der Waals surface area contributed by atoms with E-state index in [-0.39, 0.29) is 11.9 Å². The predicted molar refractivity (Wildman–Crippen MR) is 84.1 cm³/mol. The Morgan fingerprint density at radius 1 is 1.24 bits per heavy atom. The fourth-order valence-corrected chi connectivity index (χ4v) is 3.34. The van der Waals surface area contributed by atoms with Crippen LogP contribution in [0.1, 0.15) is 39.0 Å². The van der Waals surface area contributed by atoms with E-state index in [1.807, 2.05) is 4.90 Å². The number of likely N-dealkylation sites (tertiary alicyclic amines) is 1. The van der Waals surface area contributed by atoms with Gasteiger partial charge in [-0.3, -0.25) is 9.69 Å². The second-order valence-corrected chi connectivity index (χ2v) is 6.49. The number of carbonyl (C=O) groups is 1. The van der Waals surface area contributed by atoms with Crippen molar-refractivity contribution < 1.29 is 9.53 Å². The molecule has 2 aliphatic heterocycles. The highest BCUT2D eigenvalue weighted by molar-refractivity contribution is 5.76. The molecule has 0 aromatic carbocycles. The van der Waals surface area contributed by atoms with Crippen molar-refractivity contribution in [3.05, 3.63) is 0 Å². The lowest BCUT2D eigenvalue weighted by molar-refractivity contribution is -0.133. The molecule has 2 rings (SSSR count). The molecule has 0 aromatic rings. The van der Waals surface area contributed by atoms with Crippen LogP contribution < -0.4 is 5.73 Å². The summed E-state index contributed by atoms with van der Waals surface area (Å²) in [6, 6.07) is 0.0357. The highest BCUT2D eigenvalue weighted by Crippen LogP contribution is 2.20. The van der Waals surface area contributed by atoms with Crippen LogP contribution in [-0.4, -0.2) is 67.7 Å². The molecule has 1 unspecified atom stereocenters. The summed E-state index contributed by atoms with van der Waals surface area (Å²) in [6.07, 6.45) is 4.77. The average Bonchev–Trinajstić information content (AvgIpc) is 2.49. The molecular weight excluding hydrogens is 266 g/mol. The molecule has 0 bridgehead atoms. The molecule has 2 fully saturated rings. The Bertz CT molecular complexity index is 311. The number of hydrogen-bond donors (Lipinski definition) is 1. The van der Waals surface area contributed by atoms with Gasteiger partial charge in [-0.05, 0) is 25.2 Å². The van der Waals surface area contributed by atoms with Crippen LogP contribution in [0, 0.1) is 5.92 Å². The summed E-state index contributed by atoms with van der Waals surface area (Å²) < 4.78 is 5.39. The minimum absolute atomic E-state index is 0.0357. The van der Waals surface area contributed by atoms with E-state index in [0.717, 1.165) is 71.0 Å². The lowest BCUT2D eigenvalue weighted by atomic mass is 9.95. The van der Waals surface area contributed by atoms with Crippen molar-refractivity contribution in [2.45, 2.75) is 45.1 Å². The van der Waals surface area contributed by atoms with Gasteiger partial charge in [0.25, 0.3) is 0 Å². The molecule has 2 N–H and O–H groups in total. The van der Waals surface area contributed by atoms with Crippen LogP contribution in [0.25, 0.3) is 0 Å². The third kappa shape index (κ3) is 5.57. The topological polar surface area (TPSA) is 58.8 Å². The van der Waals surface area contributed by atoms with Crippen LogP contribution in [0.4, 0.5) is 0 Å². The highest BCUT2D eigenvalue weighted by Gasteiger charge is 2.25. The summed E-state index contributed by atoms with van der Waals surface area (Å²) in [4.78, 5) is 16.7. The van der Waals surface area contributed by atoms with Gasteiger partial charge in [-0.25, -0.2) is 0 Å².